The van der Waals surface area contributed by atoms with Gasteiger partial charge < -0.3 is 26.3 Å². The lowest BCUT2D eigenvalue weighted by molar-refractivity contribution is -0.137. The Morgan fingerprint density at radius 1 is 1.20 bits per heavy atom. The lowest BCUT2D eigenvalue weighted by atomic mass is 10.1. The highest BCUT2D eigenvalue weighted by Crippen LogP contribution is 2.32. The number of rotatable bonds is 9. The fourth-order valence-corrected chi connectivity index (χ4v) is 2.98. The average Bonchev–Trinajstić information content (AvgIpc) is 2.71. The molecular formula is C19H20BrN5O5. The highest BCUT2D eigenvalue weighted by molar-refractivity contribution is 9.10. The van der Waals surface area contributed by atoms with Crippen LogP contribution in [0.2, 0.25) is 0 Å². The molecule has 0 heterocycles. The third-order valence-electron chi connectivity index (χ3n) is 3.84. The first kappa shape index (κ1) is 22.8. The number of carbonyl (C=O) groups is 3. The maximum atomic E-state index is 12.3. The molecule has 0 saturated carbocycles. The zero-order chi connectivity index (χ0) is 22.1. The second-order valence-corrected chi connectivity index (χ2v) is 6.98. The van der Waals surface area contributed by atoms with Gasteiger partial charge in [-0.05, 0) is 42.3 Å². The molecule has 0 unspecified atom stereocenters. The first-order chi connectivity index (χ1) is 14.3. The predicted molar refractivity (Wildman–Crippen MR) is 115 cm³/mol. The molecule has 7 N–H and O–H groups in total. The lowest BCUT2D eigenvalue weighted by Crippen LogP contribution is -2.32. The number of halogens is 1. The number of aromatic hydroxyl groups is 1. The van der Waals surface area contributed by atoms with Crippen LogP contribution in [0.4, 0.5) is 11.4 Å². The molecule has 0 aliphatic carbocycles. The SMILES string of the molecule is NNC=Nc1cccc(C(=O)NCC(=O)Nc2cc(Br)cc(CCC(=O)O)c2O)c1. The van der Waals surface area contributed by atoms with Gasteiger partial charge in [0.2, 0.25) is 5.91 Å². The lowest BCUT2D eigenvalue weighted by Gasteiger charge is -2.12. The molecule has 0 spiro atoms. The number of amides is 2. The van der Waals surface area contributed by atoms with Gasteiger partial charge in [-0.2, -0.15) is 0 Å². The van der Waals surface area contributed by atoms with E-state index in [-0.39, 0.29) is 30.8 Å². The van der Waals surface area contributed by atoms with E-state index in [9.17, 15) is 19.5 Å². The first-order valence-corrected chi connectivity index (χ1v) is 9.49. The molecule has 0 radical (unpaired) electrons. The van der Waals surface area contributed by atoms with Gasteiger partial charge in [-0.3, -0.25) is 14.4 Å². The maximum Gasteiger partial charge on any atom is 0.303 e. The summed E-state index contributed by atoms with van der Waals surface area (Å²) in [6, 6.07) is 9.45. The van der Waals surface area contributed by atoms with Crippen LogP contribution in [0.15, 0.2) is 45.9 Å². The zero-order valence-electron chi connectivity index (χ0n) is 15.7. The third kappa shape index (κ3) is 6.87. The van der Waals surface area contributed by atoms with Crippen LogP contribution in [0.25, 0.3) is 0 Å². The maximum absolute atomic E-state index is 12.3. The number of hydrazine groups is 1. The molecule has 30 heavy (non-hydrogen) atoms. The van der Waals surface area contributed by atoms with Crippen LogP contribution in [0.5, 0.6) is 5.75 Å². The summed E-state index contributed by atoms with van der Waals surface area (Å²) in [5, 5.41) is 24.1. The fourth-order valence-electron chi connectivity index (χ4n) is 2.48. The van der Waals surface area contributed by atoms with E-state index in [4.69, 9.17) is 10.9 Å². The zero-order valence-corrected chi connectivity index (χ0v) is 17.3. The molecule has 0 aliphatic heterocycles. The molecule has 10 nitrogen and oxygen atoms in total. The Hall–Kier alpha value is -3.44. The number of aliphatic carboxylic acids is 1. The summed E-state index contributed by atoms with van der Waals surface area (Å²) in [6.07, 6.45) is 1.19. The molecule has 158 valence electrons. The number of phenols is 1. The third-order valence-corrected chi connectivity index (χ3v) is 4.30. The normalized spacial score (nSPS) is 10.6. The minimum Gasteiger partial charge on any atom is -0.505 e. The van der Waals surface area contributed by atoms with E-state index >= 15 is 0 Å². The van der Waals surface area contributed by atoms with Gasteiger partial charge in [0.15, 0.2) is 0 Å². The van der Waals surface area contributed by atoms with Gasteiger partial charge in [-0.1, -0.05) is 22.0 Å². The molecule has 0 aliphatic rings. The fraction of sp³-hybridized carbons (Fsp3) is 0.158. The van der Waals surface area contributed by atoms with Crippen LogP contribution in [0.3, 0.4) is 0 Å². The van der Waals surface area contributed by atoms with Crippen molar-refractivity contribution in [3.8, 4) is 5.75 Å². The molecular weight excluding hydrogens is 458 g/mol. The van der Waals surface area contributed by atoms with E-state index in [2.05, 4.69) is 37.0 Å². The second-order valence-electron chi connectivity index (χ2n) is 6.06. The van der Waals surface area contributed by atoms with Gasteiger partial charge in [0, 0.05) is 16.5 Å². The number of anilines is 1. The van der Waals surface area contributed by atoms with Crippen LogP contribution in [-0.2, 0) is 16.0 Å². The predicted octanol–water partition coefficient (Wildman–Crippen LogP) is 1.66. The van der Waals surface area contributed by atoms with Crippen LogP contribution < -0.4 is 21.9 Å². The summed E-state index contributed by atoms with van der Waals surface area (Å²) in [7, 11) is 0. The molecule has 0 bridgehead atoms. The molecule has 2 amide bonds. The quantitative estimate of drug-likeness (QED) is 0.105. The highest BCUT2D eigenvalue weighted by Gasteiger charge is 2.14. The number of carboxylic acids is 1. The molecule has 2 aromatic rings. The number of carboxylic acid groups (broad SMARTS) is 1. The summed E-state index contributed by atoms with van der Waals surface area (Å²) >= 11 is 3.26. The number of nitrogens with zero attached hydrogens (tertiary/aromatic N) is 1. The Balaban J connectivity index is 2.00. The van der Waals surface area contributed by atoms with Gasteiger partial charge >= 0.3 is 5.97 Å². The number of hydrogen-bond donors (Lipinski definition) is 6. The van der Waals surface area contributed by atoms with Crippen molar-refractivity contribution in [2.75, 3.05) is 11.9 Å². The highest BCUT2D eigenvalue weighted by atomic mass is 79.9. The first-order valence-electron chi connectivity index (χ1n) is 8.70. The average molecular weight is 478 g/mol. The Bertz CT molecular complexity index is 980. The van der Waals surface area contributed by atoms with Gasteiger partial charge in [-0.25, -0.2) is 10.8 Å². The van der Waals surface area contributed by atoms with Crippen molar-refractivity contribution in [1.29, 1.82) is 0 Å². The Morgan fingerprint density at radius 3 is 2.67 bits per heavy atom. The molecule has 0 fully saturated rings. The topological polar surface area (TPSA) is 166 Å². The number of aryl methyl sites for hydroxylation is 1. The van der Waals surface area contributed by atoms with E-state index in [0.29, 0.717) is 21.3 Å². The van der Waals surface area contributed by atoms with Crippen molar-refractivity contribution in [1.82, 2.24) is 10.7 Å². The van der Waals surface area contributed by atoms with Gasteiger partial charge in [0.25, 0.3) is 5.91 Å². The van der Waals surface area contributed by atoms with Crippen LogP contribution in [-0.4, -0.2) is 40.9 Å². The van der Waals surface area contributed by atoms with E-state index < -0.39 is 17.8 Å². The van der Waals surface area contributed by atoms with Gasteiger partial charge in [-0.15, -0.1) is 0 Å². The van der Waals surface area contributed by atoms with Crippen LogP contribution in [0, 0.1) is 0 Å². The van der Waals surface area contributed by atoms with Crippen LogP contribution >= 0.6 is 15.9 Å². The molecule has 0 atom stereocenters. The minimum absolute atomic E-state index is 0.0959. The number of hydrogen-bond acceptors (Lipinski definition) is 6. The standard InChI is InChI=1S/C19H20BrN5O5/c20-13-6-11(4-5-17(27)28)18(29)15(8-13)25-16(26)9-22-19(30)12-2-1-3-14(7-12)23-10-24-21/h1-3,6-8,10,29H,4-5,9,21H2,(H,22,30)(H,23,24)(H,25,26)(H,27,28). The van der Waals surface area contributed by atoms with Crippen molar-refractivity contribution in [2.45, 2.75) is 12.8 Å². The van der Waals surface area contributed by atoms with E-state index in [1.807, 2.05) is 0 Å². The van der Waals surface area contributed by atoms with Crippen molar-refractivity contribution in [3.63, 3.8) is 0 Å². The van der Waals surface area contributed by atoms with E-state index in [0.717, 1.165) is 0 Å². The summed E-state index contributed by atoms with van der Waals surface area (Å²) in [4.78, 5) is 39.2. The Morgan fingerprint density at radius 2 is 1.97 bits per heavy atom. The Kier molecular flexibility index (Phi) is 8.32. The van der Waals surface area contributed by atoms with Crippen molar-refractivity contribution >= 4 is 51.4 Å². The molecule has 2 rings (SSSR count). The van der Waals surface area contributed by atoms with Crippen molar-refractivity contribution < 1.29 is 24.6 Å². The van der Waals surface area contributed by atoms with Gasteiger partial charge in [0.05, 0.1) is 17.9 Å². The number of phenolic OH excluding ortho intramolecular Hbond substituents is 1. The van der Waals surface area contributed by atoms with E-state index in [1.165, 1.54) is 18.5 Å². The monoisotopic (exact) mass is 477 g/mol. The number of benzene rings is 2. The minimum atomic E-state index is -1.00. The largest absolute Gasteiger partial charge is 0.505 e. The molecule has 0 aromatic heterocycles. The summed E-state index contributed by atoms with van der Waals surface area (Å²) in [5.74, 6) is 2.83. The summed E-state index contributed by atoms with van der Waals surface area (Å²) < 4.78 is 0.560. The van der Waals surface area contributed by atoms with Gasteiger partial charge in [0.1, 0.15) is 12.1 Å². The number of nitrogens with one attached hydrogen (secondary N) is 3. The second kappa shape index (κ2) is 10.9. The summed E-state index contributed by atoms with van der Waals surface area (Å²) in [5.41, 5.74) is 3.53. The number of aliphatic imine (C=N–C) groups is 1. The molecule has 0 saturated heterocycles. The van der Waals surface area contributed by atoms with Crippen LogP contribution in [0.1, 0.15) is 22.3 Å². The van der Waals surface area contributed by atoms with E-state index in [1.54, 1.807) is 24.3 Å². The summed E-state index contributed by atoms with van der Waals surface area (Å²) in [6.45, 7) is -0.340. The smallest absolute Gasteiger partial charge is 0.303 e. The van der Waals surface area contributed by atoms with Crippen molar-refractivity contribution in [3.05, 3.63) is 52.0 Å². The molecule has 11 heteroatoms. The van der Waals surface area contributed by atoms with Crippen molar-refractivity contribution in [2.24, 2.45) is 10.8 Å². The molecule has 2 aromatic carbocycles. The Labute approximate surface area is 180 Å². The number of nitrogens with two attached hydrogens (primary N) is 1. The number of carbonyl (C=O) groups excluding carboxylic acids is 2.